The molecule has 0 bridgehead atoms. The smallest absolute Gasteiger partial charge is 0.338 e. The van der Waals surface area contributed by atoms with Crippen LogP contribution in [0, 0.1) is 0 Å². The number of hydrogen-bond acceptors (Lipinski definition) is 11. The first kappa shape index (κ1) is 26.5. The fourth-order valence-corrected chi connectivity index (χ4v) is 4.57. The highest BCUT2D eigenvalue weighted by molar-refractivity contribution is 6.10. The third-order valence-corrected chi connectivity index (χ3v) is 6.43. The van der Waals surface area contributed by atoms with Crippen LogP contribution in [-0.2, 0) is 4.74 Å². The first-order chi connectivity index (χ1) is 19.4. The molecule has 0 atom stereocenters. The average Bonchev–Trinajstić information content (AvgIpc) is 3.68. The fourth-order valence-electron chi connectivity index (χ4n) is 4.57. The Labute approximate surface area is 229 Å². The van der Waals surface area contributed by atoms with Crippen LogP contribution in [0.3, 0.4) is 0 Å². The van der Waals surface area contributed by atoms with E-state index in [4.69, 9.17) is 42.6 Å². The lowest BCUT2D eigenvalue weighted by Gasteiger charge is -2.18. The zero-order chi connectivity index (χ0) is 28.4. The van der Waals surface area contributed by atoms with E-state index in [2.05, 4.69) is 0 Å². The minimum absolute atomic E-state index is 0.0882. The number of benzene rings is 3. The van der Waals surface area contributed by atoms with E-state index >= 15 is 0 Å². The van der Waals surface area contributed by atoms with Gasteiger partial charge in [-0.2, -0.15) is 0 Å². The Hall–Kier alpha value is -5.06. The Balaban J connectivity index is 1.75. The standard InChI is InChI=1S/C29H26O11/c1-32-16-7-9-20(33-2)17(11-16)19(30)8-6-15-10-21(34-3)25-27(39-13-37-25)23(15)24-18(29(31)36-5)12-22(35-4)26-28(24)40-14-38-26/h6-12H,13-14H2,1-5H3/b8-6+. The first-order valence-corrected chi connectivity index (χ1v) is 12.0. The molecule has 0 aromatic heterocycles. The van der Waals surface area contributed by atoms with E-state index < -0.39 is 5.97 Å². The van der Waals surface area contributed by atoms with Crippen molar-refractivity contribution in [3.63, 3.8) is 0 Å². The van der Waals surface area contributed by atoms with Crippen molar-refractivity contribution in [3.8, 4) is 57.1 Å². The van der Waals surface area contributed by atoms with E-state index in [-0.39, 0.29) is 36.4 Å². The molecule has 2 aliphatic heterocycles. The second-order valence-corrected chi connectivity index (χ2v) is 8.43. The van der Waals surface area contributed by atoms with Crippen molar-refractivity contribution in [2.24, 2.45) is 0 Å². The molecule has 208 valence electrons. The number of ketones is 1. The summed E-state index contributed by atoms with van der Waals surface area (Å²) in [6, 6.07) is 8.10. The molecule has 5 rings (SSSR count). The van der Waals surface area contributed by atoms with E-state index in [0.29, 0.717) is 56.8 Å². The molecule has 0 unspecified atom stereocenters. The molecule has 3 aromatic carbocycles. The number of carbonyl (C=O) groups excluding carboxylic acids is 2. The molecule has 0 amide bonds. The number of methoxy groups -OCH3 is 5. The fraction of sp³-hybridized carbons (Fsp3) is 0.241. The van der Waals surface area contributed by atoms with E-state index in [1.807, 2.05) is 0 Å². The molecule has 2 heterocycles. The maximum absolute atomic E-state index is 13.3. The summed E-state index contributed by atoms with van der Waals surface area (Å²) in [5, 5.41) is 0. The monoisotopic (exact) mass is 550 g/mol. The van der Waals surface area contributed by atoms with E-state index in [0.717, 1.165) is 0 Å². The maximum atomic E-state index is 13.3. The number of hydrogen-bond donors (Lipinski definition) is 0. The zero-order valence-corrected chi connectivity index (χ0v) is 22.4. The van der Waals surface area contributed by atoms with Crippen LogP contribution < -0.4 is 37.9 Å². The molecular weight excluding hydrogens is 524 g/mol. The highest BCUT2D eigenvalue weighted by Crippen LogP contribution is 2.56. The predicted octanol–water partition coefficient (Wildman–Crippen LogP) is 4.53. The molecule has 0 fully saturated rings. The summed E-state index contributed by atoms with van der Waals surface area (Å²) < 4.78 is 49.8. The van der Waals surface area contributed by atoms with Gasteiger partial charge in [0.15, 0.2) is 28.8 Å². The van der Waals surface area contributed by atoms with Crippen LogP contribution in [0.25, 0.3) is 17.2 Å². The maximum Gasteiger partial charge on any atom is 0.338 e. The van der Waals surface area contributed by atoms with Crippen molar-refractivity contribution in [2.75, 3.05) is 49.1 Å². The van der Waals surface area contributed by atoms with Gasteiger partial charge in [-0.15, -0.1) is 0 Å². The molecule has 0 aliphatic carbocycles. The topological polar surface area (TPSA) is 117 Å². The molecule has 0 N–H and O–H groups in total. The first-order valence-electron chi connectivity index (χ1n) is 12.0. The van der Waals surface area contributed by atoms with Gasteiger partial charge in [0.05, 0.1) is 46.7 Å². The predicted molar refractivity (Wildman–Crippen MR) is 141 cm³/mol. The van der Waals surface area contributed by atoms with Crippen LogP contribution in [0.4, 0.5) is 0 Å². The highest BCUT2D eigenvalue weighted by atomic mass is 16.7. The SMILES string of the molecule is COC(=O)c1cc(OC)c2c(c1-c1c(/C=C/C(=O)c3cc(OC)ccc3OC)cc(OC)c3c1OCO3)OCO2. The largest absolute Gasteiger partial charge is 0.497 e. The van der Waals surface area contributed by atoms with Crippen LogP contribution in [0.15, 0.2) is 36.4 Å². The molecule has 11 nitrogen and oxygen atoms in total. The Morgan fingerprint density at radius 1 is 0.675 bits per heavy atom. The number of esters is 1. The Morgan fingerprint density at radius 2 is 1.27 bits per heavy atom. The molecule has 0 saturated heterocycles. The van der Waals surface area contributed by atoms with Gasteiger partial charge in [-0.05, 0) is 42.0 Å². The number of rotatable bonds is 9. The molecule has 3 aromatic rings. The van der Waals surface area contributed by atoms with Crippen molar-refractivity contribution < 1.29 is 52.2 Å². The van der Waals surface area contributed by atoms with Gasteiger partial charge >= 0.3 is 5.97 Å². The summed E-state index contributed by atoms with van der Waals surface area (Å²) in [6.07, 6.45) is 2.95. The zero-order valence-electron chi connectivity index (χ0n) is 22.4. The minimum atomic E-state index is -0.651. The average molecular weight is 551 g/mol. The summed E-state index contributed by atoms with van der Waals surface area (Å²) in [4.78, 5) is 26.4. The van der Waals surface area contributed by atoms with Crippen molar-refractivity contribution >= 4 is 17.8 Å². The molecule has 2 aliphatic rings. The third kappa shape index (κ3) is 4.45. The quantitative estimate of drug-likeness (QED) is 0.212. The van der Waals surface area contributed by atoms with Crippen LogP contribution in [0.1, 0.15) is 26.3 Å². The van der Waals surface area contributed by atoms with E-state index in [1.54, 1.807) is 30.3 Å². The molecule has 0 spiro atoms. The summed E-state index contributed by atoms with van der Waals surface area (Å²) >= 11 is 0. The van der Waals surface area contributed by atoms with Gasteiger partial charge in [0, 0.05) is 11.1 Å². The molecular formula is C29H26O11. The third-order valence-electron chi connectivity index (χ3n) is 6.43. The second kappa shape index (κ2) is 11.0. The second-order valence-electron chi connectivity index (χ2n) is 8.43. The van der Waals surface area contributed by atoms with Gasteiger partial charge in [0.1, 0.15) is 11.5 Å². The normalized spacial score (nSPS) is 12.8. The lowest BCUT2D eigenvalue weighted by Crippen LogP contribution is -2.07. The van der Waals surface area contributed by atoms with Gasteiger partial charge in [0.2, 0.25) is 25.1 Å². The van der Waals surface area contributed by atoms with Crippen molar-refractivity contribution in [2.45, 2.75) is 0 Å². The summed E-state index contributed by atoms with van der Waals surface area (Å²) in [5.41, 5.74) is 1.60. The highest BCUT2D eigenvalue weighted by Gasteiger charge is 2.35. The summed E-state index contributed by atoms with van der Waals surface area (Å²) in [7, 11) is 7.19. The minimum Gasteiger partial charge on any atom is -0.497 e. The van der Waals surface area contributed by atoms with Crippen LogP contribution in [0.5, 0.6) is 46.0 Å². The van der Waals surface area contributed by atoms with E-state index in [9.17, 15) is 9.59 Å². The Morgan fingerprint density at radius 3 is 1.88 bits per heavy atom. The van der Waals surface area contributed by atoms with Gasteiger partial charge < -0.3 is 42.6 Å². The lowest BCUT2D eigenvalue weighted by atomic mass is 9.91. The number of fused-ring (bicyclic) bond motifs is 2. The van der Waals surface area contributed by atoms with Gasteiger partial charge in [-0.1, -0.05) is 6.08 Å². The van der Waals surface area contributed by atoms with Crippen molar-refractivity contribution in [1.29, 1.82) is 0 Å². The molecule has 0 radical (unpaired) electrons. The Bertz CT molecular complexity index is 1520. The molecule has 0 saturated carbocycles. The van der Waals surface area contributed by atoms with Crippen LogP contribution in [0.2, 0.25) is 0 Å². The number of carbonyl (C=O) groups is 2. The van der Waals surface area contributed by atoms with Gasteiger partial charge in [-0.25, -0.2) is 4.79 Å². The van der Waals surface area contributed by atoms with Crippen molar-refractivity contribution in [3.05, 3.63) is 53.1 Å². The van der Waals surface area contributed by atoms with Crippen molar-refractivity contribution in [1.82, 2.24) is 0 Å². The Kier molecular flexibility index (Phi) is 7.28. The summed E-state index contributed by atoms with van der Waals surface area (Å²) in [5.74, 6) is 1.70. The number of allylic oxidation sites excluding steroid dienone is 1. The van der Waals surface area contributed by atoms with E-state index in [1.165, 1.54) is 47.7 Å². The number of ether oxygens (including phenoxy) is 9. The summed E-state index contributed by atoms with van der Waals surface area (Å²) in [6.45, 7) is -0.187. The van der Waals surface area contributed by atoms with Gasteiger partial charge in [0.25, 0.3) is 0 Å². The molecule has 11 heteroatoms. The van der Waals surface area contributed by atoms with Gasteiger partial charge in [-0.3, -0.25) is 4.79 Å². The lowest BCUT2D eigenvalue weighted by molar-refractivity contribution is 0.0600. The molecule has 40 heavy (non-hydrogen) atoms. The van der Waals surface area contributed by atoms with Crippen LogP contribution in [-0.4, -0.2) is 60.9 Å². The van der Waals surface area contributed by atoms with Crippen LogP contribution >= 0.6 is 0 Å².